The van der Waals surface area contributed by atoms with Crippen LogP contribution in [0, 0.1) is 0 Å². The van der Waals surface area contributed by atoms with E-state index in [2.05, 4.69) is 5.32 Å². The van der Waals surface area contributed by atoms with Crippen LogP contribution in [0.5, 0.6) is 5.75 Å². The molecule has 0 atom stereocenters. The lowest BCUT2D eigenvalue weighted by Crippen LogP contribution is -2.24. The smallest absolute Gasteiger partial charge is 0.344 e. The first-order valence-corrected chi connectivity index (χ1v) is 8.25. The fraction of sp³-hybridized carbons (Fsp3) is 0.167. The summed E-state index contributed by atoms with van der Waals surface area (Å²) >= 11 is 11.7. The monoisotopic (exact) mass is 395 g/mol. The Hall–Kier alpha value is -2.57. The molecule has 2 aromatic carbocycles. The van der Waals surface area contributed by atoms with E-state index in [1.807, 2.05) is 0 Å². The van der Waals surface area contributed by atoms with Crippen LogP contribution in [0.2, 0.25) is 10.0 Å². The van der Waals surface area contributed by atoms with Crippen LogP contribution in [-0.4, -0.2) is 30.9 Å². The van der Waals surface area contributed by atoms with Crippen molar-refractivity contribution in [3.05, 3.63) is 58.1 Å². The number of carbonyl (C=O) groups excluding carboxylic acids is 3. The van der Waals surface area contributed by atoms with Crippen molar-refractivity contribution in [2.45, 2.75) is 6.92 Å². The number of nitrogens with one attached hydrogen (secondary N) is 1. The molecule has 0 spiro atoms. The summed E-state index contributed by atoms with van der Waals surface area (Å²) in [7, 11) is 0. The minimum atomic E-state index is -0.744. The SMILES string of the molecule is CC(=O)c1ccccc1NC(=O)COC(=O)COc1ccc(Cl)cc1Cl. The van der Waals surface area contributed by atoms with Crippen LogP contribution in [0.4, 0.5) is 5.69 Å². The Morgan fingerprint density at radius 3 is 2.46 bits per heavy atom. The molecule has 136 valence electrons. The predicted octanol–water partition coefficient (Wildman–Crippen LogP) is 3.76. The molecular formula is C18H15Cl2NO5. The molecule has 0 saturated carbocycles. The van der Waals surface area contributed by atoms with Crippen molar-refractivity contribution < 1.29 is 23.9 Å². The Bertz CT molecular complexity index is 838. The summed E-state index contributed by atoms with van der Waals surface area (Å²) in [5.41, 5.74) is 0.720. The average Bonchev–Trinajstić information content (AvgIpc) is 2.59. The molecule has 0 aromatic heterocycles. The van der Waals surface area contributed by atoms with Gasteiger partial charge in [0.2, 0.25) is 0 Å². The van der Waals surface area contributed by atoms with E-state index in [1.165, 1.54) is 19.1 Å². The molecule has 6 nitrogen and oxygen atoms in total. The lowest BCUT2D eigenvalue weighted by Gasteiger charge is -2.10. The van der Waals surface area contributed by atoms with Gasteiger partial charge in [-0.05, 0) is 37.3 Å². The van der Waals surface area contributed by atoms with E-state index in [9.17, 15) is 14.4 Å². The van der Waals surface area contributed by atoms with E-state index >= 15 is 0 Å². The Morgan fingerprint density at radius 2 is 1.77 bits per heavy atom. The van der Waals surface area contributed by atoms with Crippen LogP contribution in [0.3, 0.4) is 0 Å². The molecular weight excluding hydrogens is 381 g/mol. The summed E-state index contributed by atoms with van der Waals surface area (Å²) in [6.45, 7) is 0.464. The van der Waals surface area contributed by atoms with E-state index in [-0.39, 0.29) is 16.6 Å². The molecule has 0 bridgehead atoms. The van der Waals surface area contributed by atoms with Crippen molar-refractivity contribution in [2.24, 2.45) is 0 Å². The first-order chi connectivity index (χ1) is 12.4. The van der Waals surface area contributed by atoms with E-state index in [0.29, 0.717) is 16.3 Å². The van der Waals surface area contributed by atoms with Crippen molar-refractivity contribution >= 4 is 46.5 Å². The maximum atomic E-state index is 11.9. The number of hydrogen-bond acceptors (Lipinski definition) is 5. The third-order valence-electron chi connectivity index (χ3n) is 3.18. The van der Waals surface area contributed by atoms with Crippen LogP contribution in [0.1, 0.15) is 17.3 Å². The van der Waals surface area contributed by atoms with Gasteiger partial charge in [0.05, 0.1) is 10.7 Å². The number of amides is 1. The largest absolute Gasteiger partial charge is 0.480 e. The summed E-state index contributed by atoms with van der Waals surface area (Å²) < 4.78 is 10.0. The van der Waals surface area contributed by atoms with Gasteiger partial charge in [0.25, 0.3) is 5.91 Å². The second-order valence-corrected chi connectivity index (χ2v) is 6.02. The Labute approximate surface area is 160 Å². The molecule has 0 fully saturated rings. The molecule has 26 heavy (non-hydrogen) atoms. The van der Waals surface area contributed by atoms with Gasteiger partial charge in [0.1, 0.15) is 5.75 Å². The van der Waals surface area contributed by atoms with E-state index in [0.717, 1.165) is 0 Å². The van der Waals surface area contributed by atoms with E-state index in [1.54, 1.807) is 30.3 Å². The Morgan fingerprint density at radius 1 is 1.04 bits per heavy atom. The zero-order chi connectivity index (χ0) is 19.1. The van der Waals surface area contributed by atoms with Gasteiger partial charge in [0.15, 0.2) is 19.0 Å². The van der Waals surface area contributed by atoms with Crippen molar-refractivity contribution in [3.8, 4) is 5.75 Å². The van der Waals surface area contributed by atoms with Gasteiger partial charge in [-0.25, -0.2) is 4.79 Å². The summed E-state index contributed by atoms with van der Waals surface area (Å²) in [6, 6.07) is 11.1. The van der Waals surface area contributed by atoms with Gasteiger partial charge in [-0.3, -0.25) is 9.59 Å². The number of ether oxygens (including phenoxy) is 2. The number of ketones is 1. The number of benzene rings is 2. The molecule has 0 aliphatic rings. The molecule has 0 aliphatic heterocycles. The van der Waals surface area contributed by atoms with Crippen LogP contribution in [0.25, 0.3) is 0 Å². The van der Waals surface area contributed by atoms with E-state index < -0.39 is 25.1 Å². The highest BCUT2D eigenvalue weighted by Gasteiger charge is 2.13. The van der Waals surface area contributed by atoms with Crippen LogP contribution < -0.4 is 10.1 Å². The number of carbonyl (C=O) groups is 3. The van der Waals surface area contributed by atoms with Gasteiger partial charge in [-0.15, -0.1) is 0 Å². The minimum absolute atomic E-state index is 0.189. The lowest BCUT2D eigenvalue weighted by molar-refractivity contribution is -0.149. The summed E-state index contributed by atoms with van der Waals surface area (Å²) in [4.78, 5) is 35.1. The number of para-hydroxylation sites is 1. The normalized spacial score (nSPS) is 10.1. The third-order valence-corrected chi connectivity index (χ3v) is 3.71. The lowest BCUT2D eigenvalue weighted by atomic mass is 10.1. The second kappa shape index (κ2) is 9.22. The number of anilines is 1. The molecule has 0 unspecified atom stereocenters. The van der Waals surface area contributed by atoms with Crippen LogP contribution >= 0.6 is 23.2 Å². The van der Waals surface area contributed by atoms with Gasteiger partial charge in [0, 0.05) is 10.6 Å². The number of hydrogen-bond donors (Lipinski definition) is 1. The quantitative estimate of drug-likeness (QED) is 0.570. The van der Waals surface area contributed by atoms with Crippen molar-refractivity contribution in [3.63, 3.8) is 0 Å². The average molecular weight is 396 g/mol. The van der Waals surface area contributed by atoms with E-state index in [4.69, 9.17) is 32.7 Å². The zero-order valence-corrected chi connectivity index (χ0v) is 15.3. The first kappa shape index (κ1) is 19.8. The molecule has 1 N–H and O–H groups in total. The van der Waals surface area contributed by atoms with Gasteiger partial charge in [-0.1, -0.05) is 35.3 Å². The molecule has 0 radical (unpaired) electrons. The third kappa shape index (κ3) is 5.75. The molecule has 0 aliphatic carbocycles. The maximum absolute atomic E-state index is 11.9. The fourth-order valence-electron chi connectivity index (χ4n) is 2.00. The second-order valence-electron chi connectivity index (χ2n) is 5.17. The Balaban J connectivity index is 1.82. The molecule has 8 heteroatoms. The first-order valence-electron chi connectivity index (χ1n) is 7.50. The van der Waals surface area contributed by atoms with Crippen LogP contribution in [0.15, 0.2) is 42.5 Å². The molecule has 0 saturated heterocycles. The van der Waals surface area contributed by atoms with Gasteiger partial charge in [-0.2, -0.15) is 0 Å². The number of Topliss-reactive ketones (excluding diaryl/α,β-unsaturated/α-hetero) is 1. The fourth-order valence-corrected chi connectivity index (χ4v) is 2.47. The predicted molar refractivity (Wildman–Crippen MR) is 98.0 cm³/mol. The highest BCUT2D eigenvalue weighted by molar-refractivity contribution is 6.35. The maximum Gasteiger partial charge on any atom is 0.344 e. The highest BCUT2D eigenvalue weighted by Crippen LogP contribution is 2.27. The summed E-state index contributed by atoms with van der Waals surface area (Å²) in [5.74, 6) is -1.23. The van der Waals surface area contributed by atoms with Crippen molar-refractivity contribution in [1.82, 2.24) is 0 Å². The molecule has 2 aromatic rings. The minimum Gasteiger partial charge on any atom is -0.480 e. The summed E-state index contributed by atoms with van der Waals surface area (Å²) in [6.07, 6.45) is 0. The Kier molecular flexibility index (Phi) is 7.00. The molecule has 2 rings (SSSR count). The zero-order valence-electron chi connectivity index (χ0n) is 13.8. The summed E-state index contributed by atoms with van der Waals surface area (Å²) in [5, 5.41) is 3.21. The number of rotatable bonds is 7. The topological polar surface area (TPSA) is 81.7 Å². The number of esters is 1. The highest BCUT2D eigenvalue weighted by atomic mass is 35.5. The van der Waals surface area contributed by atoms with Gasteiger partial charge >= 0.3 is 5.97 Å². The van der Waals surface area contributed by atoms with Gasteiger partial charge < -0.3 is 14.8 Å². The number of halogens is 2. The molecule has 0 heterocycles. The van der Waals surface area contributed by atoms with Crippen molar-refractivity contribution in [2.75, 3.05) is 18.5 Å². The molecule has 1 amide bonds. The van der Waals surface area contributed by atoms with Crippen LogP contribution in [-0.2, 0) is 14.3 Å². The van der Waals surface area contributed by atoms with Crippen molar-refractivity contribution in [1.29, 1.82) is 0 Å². The standard InChI is InChI=1S/C18H15Cl2NO5/c1-11(22)13-4-2-3-5-15(13)21-17(23)9-26-18(24)10-25-16-7-6-12(19)8-14(16)20/h2-8H,9-10H2,1H3,(H,21,23).